The van der Waals surface area contributed by atoms with E-state index in [9.17, 15) is 13.2 Å². The van der Waals surface area contributed by atoms with Gasteiger partial charge in [-0.05, 0) is 17.2 Å². The van der Waals surface area contributed by atoms with Gasteiger partial charge in [-0.25, -0.2) is 4.72 Å². The fourth-order valence-corrected chi connectivity index (χ4v) is 5.28. The summed E-state index contributed by atoms with van der Waals surface area (Å²) in [5.41, 5.74) is 1.80. The average molecular weight is 397 g/mol. The number of rotatable bonds is 6. The topological polar surface area (TPSA) is 66.5 Å². The highest BCUT2D eigenvalue weighted by Crippen LogP contribution is 2.25. The Balaban J connectivity index is 1.71. The van der Waals surface area contributed by atoms with E-state index in [1.807, 2.05) is 30.3 Å². The highest BCUT2D eigenvalue weighted by molar-refractivity contribution is 7.98. The summed E-state index contributed by atoms with van der Waals surface area (Å²) in [4.78, 5) is 12.1. The minimum absolute atomic E-state index is 0.0668. The minimum Gasteiger partial charge on any atom is -0.272 e. The van der Waals surface area contributed by atoms with E-state index < -0.39 is 22.2 Å². The Bertz CT molecular complexity index is 859. The van der Waals surface area contributed by atoms with Crippen LogP contribution < -0.4 is 4.72 Å². The van der Waals surface area contributed by atoms with Crippen molar-refractivity contribution in [1.82, 2.24) is 9.03 Å². The van der Waals surface area contributed by atoms with Gasteiger partial charge in [0, 0.05) is 23.1 Å². The highest BCUT2D eigenvalue weighted by atomic mass is 35.5. The summed E-state index contributed by atoms with van der Waals surface area (Å²) < 4.78 is 27.8. The van der Waals surface area contributed by atoms with E-state index in [-0.39, 0.29) is 6.54 Å². The van der Waals surface area contributed by atoms with Crippen LogP contribution in [0.25, 0.3) is 0 Å². The molecule has 0 spiro atoms. The first kappa shape index (κ1) is 18.3. The quantitative estimate of drug-likeness (QED) is 0.815. The molecule has 0 aliphatic carbocycles. The number of amides is 1. The molecule has 5 nitrogen and oxygen atoms in total. The molecular formula is C17H17ClN2O3S2. The zero-order valence-electron chi connectivity index (χ0n) is 13.3. The second-order valence-corrected chi connectivity index (χ2v) is 8.69. The molecule has 2 aromatic carbocycles. The zero-order valence-corrected chi connectivity index (χ0v) is 15.7. The van der Waals surface area contributed by atoms with Crippen molar-refractivity contribution in [3.8, 4) is 0 Å². The minimum atomic E-state index is -3.83. The maximum Gasteiger partial charge on any atom is 0.304 e. The maximum atomic E-state index is 12.3. The van der Waals surface area contributed by atoms with Gasteiger partial charge in [0.1, 0.15) is 6.04 Å². The van der Waals surface area contributed by atoms with Gasteiger partial charge < -0.3 is 0 Å². The first-order valence-corrected chi connectivity index (χ1v) is 10.6. The Kier molecular flexibility index (Phi) is 5.68. The molecule has 1 amide bonds. The molecule has 0 saturated carbocycles. The molecule has 1 heterocycles. The van der Waals surface area contributed by atoms with Crippen LogP contribution in [0, 0.1) is 0 Å². The number of nitrogens with zero attached hydrogens (tertiary/aromatic N) is 1. The molecule has 0 unspecified atom stereocenters. The summed E-state index contributed by atoms with van der Waals surface area (Å²) in [5.74, 6) is 0.599. The number of halogens is 1. The van der Waals surface area contributed by atoms with Crippen LogP contribution in [-0.2, 0) is 27.3 Å². The SMILES string of the molecule is O=C1NS(=O)(=O)N(Cc2ccccc2Cl)[C@H]1CSCc1ccccc1. The molecule has 0 aromatic heterocycles. The maximum absolute atomic E-state index is 12.3. The Morgan fingerprint density at radius 2 is 1.76 bits per heavy atom. The molecule has 132 valence electrons. The number of hydrogen-bond acceptors (Lipinski definition) is 4. The van der Waals surface area contributed by atoms with Crippen LogP contribution >= 0.6 is 23.4 Å². The van der Waals surface area contributed by atoms with Gasteiger partial charge in [-0.1, -0.05) is 60.1 Å². The third-order valence-electron chi connectivity index (χ3n) is 3.86. The van der Waals surface area contributed by atoms with Gasteiger partial charge in [0.25, 0.3) is 5.91 Å². The van der Waals surface area contributed by atoms with Crippen molar-refractivity contribution in [2.45, 2.75) is 18.3 Å². The van der Waals surface area contributed by atoms with Crippen molar-refractivity contribution < 1.29 is 13.2 Å². The molecule has 1 aliphatic rings. The molecule has 1 fully saturated rings. The Hall–Kier alpha value is -1.54. The molecule has 1 atom stereocenters. The molecule has 1 saturated heterocycles. The summed E-state index contributed by atoms with van der Waals surface area (Å²) >= 11 is 7.66. The highest BCUT2D eigenvalue weighted by Gasteiger charge is 2.43. The molecule has 8 heteroatoms. The fourth-order valence-electron chi connectivity index (χ4n) is 2.56. The lowest BCUT2D eigenvalue weighted by molar-refractivity contribution is -0.120. The van der Waals surface area contributed by atoms with E-state index in [0.717, 1.165) is 5.56 Å². The molecule has 2 aromatic rings. The number of hydrogen-bond donors (Lipinski definition) is 1. The van der Waals surface area contributed by atoms with Crippen molar-refractivity contribution in [3.63, 3.8) is 0 Å². The Labute approximate surface area is 156 Å². The number of carbonyl (C=O) groups excluding carboxylic acids is 1. The normalized spacial score (nSPS) is 19.7. The third-order valence-corrected chi connectivity index (χ3v) is 6.78. The average Bonchev–Trinajstić information content (AvgIpc) is 2.80. The predicted molar refractivity (Wildman–Crippen MR) is 100 cm³/mol. The van der Waals surface area contributed by atoms with E-state index in [0.29, 0.717) is 22.1 Å². The molecule has 25 heavy (non-hydrogen) atoms. The lowest BCUT2D eigenvalue weighted by Gasteiger charge is -2.20. The van der Waals surface area contributed by atoms with Crippen LogP contribution in [-0.4, -0.2) is 30.4 Å². The van der Waals surface area contributed by atoms with Gasteiger partial charge in [-0.15, -0.1) is 0 Å². The van der Waals surface area contributed by atoms with E-state index in [4.69, 9.17) is 11.6 Å². The molecule has 1 N–H and O–H groups in total. The van der Waals surface area contributed by atoms with Crippen molar-refractivity contribution in [1.29, 1.82) is 0 Å². The summed E-state index contributed by atoms with van der Waals surface area (Å²) in [7, 11) is -3.83. The lowest BCUT2D eigenvalue weighted by Crippen LogP contribution is -2.37. The largest absolute Gasteiger partial charge is 0.304 e. The van der Waals surface area contributed by atoms with Gasteiger partial charge in [-0.2, -0.15) is 24.5 Å². The Morgan fingerprint density at radius 3 is 2.48 bits per heavy atom. The van der Waals surface area contributed by atoms with Gasteiger partial charge >= 0.3 is 10.2 Å². The van der Waals surface area contributed by atoms with Crippen molar-refractivity contribution in [3.05, 3.63) is 70.7 Å². The number of thioether (sulfide) groups is 1. The number of carbonyl (C=O) groups is 1. The fraction of sp³-hybridized carbons (Fsp3) is 0.235. The van der Waals surface area contributed by atoms with E-state index >= 15 is 0 Å². The Morgan fingerprint density at radius 1 is 1.08 bits per heavy atom. The smallest absolute Gasteiger partial charge is 0.272 e. The van der Waals surface area contributed by atoms with E-state index in [1.54, 1.807) is 24.3 Å². The second-order valence-electron chi connectivity index (χ2n) is 5.62. The zero-order chi connectivity index (χ0) is 17.9. The molecule has 3 rings (SSSR count). The second kappa shape index (κ2) is 7.78. The van der Waals surface area contributed by atoms with Crippen LogP contribution in [0.3, 0.4) is 0 Å². The lowest BCUT2D eigenvalue weighted by atomic mass is 10.2. The summed E-state index contributed by atoms with van der Waals surface area (Å²) in [5, 5.41) is 0.479. The van der Waals surface area contributed by atoms with Gasteiger partial charge in [0.2, 0.25) is 0 Å². The number of benzene rings is 2. The van der Waals surface area contributed by atoms with Crippen molar-refractivity contribution in [2.24, 2.45) is 0 Å². The summed E-state index contributed by atoms with van der Waals surface area (Å²) in [6.07, 6.45) is 0. The first-order valence-electron chi connectivity index (χ1n) is 7.66. The number of nitrogens with one attached hydrogen (secondary N) is 1. The van der Waals surface area contributed by atoms with E-state index in [1.165, 1.54) is 16.1 Å². The summed E-state index contributed by atoms with van der Waals surface area (Å²) in [6.45, 7) is 0.0668. The standard InChI is InChI=1S/C17H17ClN2O3S2/c18-15-9-5-4-8-14(15)10-20-16(17(21)19-25(20,22)23)12-24-11-13-6-2-1-3-7-13/h1-9,16H,10-12H2,(H,19,21)/t16-/m0/s1. The van der Waals surface area contributed by atoms with Crippen LogP contribution in [0.5, 0.6) is 0 Å². The van der Waals surface area contributed by atoms with Crippen LogP contribution in [0.15, 0.2) is 54.6 Å². The van der Waals surface area contributed by atoms with Gasteiger partial charge in [-0.3, -0.25) is 4.79 Å². The van der Waals surface area contributed by atoms with Crippen molar-refractivity contribution in [2.75, 3.05) is 5.75 Å². The molecular weight excluding hydrogens is 380 g/mol. The van der Waals surface area contributed by atoms with Crippen LogP contribution in [0.4, 0.5) is 0 Å². The molecule has 0 bridgehead atoms. The third kappa shape index (κ3) is 4.36. The molecule has 1 aliphatic heterocycles. The van der Waals surface area contributed by atoms with Gasteiger partial charge in [0.15, 0.2) is 0 Å². The van der Waals surface area contributed by atoms with Gasteiger partial charge in [0.05, 0.1) is 0 Å². The van der Waals surface area contributed by atoms with Crippen LogP contribution in [0.1, 0.15) is 11.1 Å². The van der Waals surface area contributed by atoms with E-state index in [2.05, 4.69) is 4.72 Å². The first-order chi connectivity index (χ1) is 12.0. The van der Waals surface area contributed by atoms with Crippen molar-refractivity contribution >= 4 is 39.5 Å². The van der Waals surface area contributed by atoms with Crippen LogP contribution in [0.2, 0.25) is 5.02 Å². The molecule has 0 radical (unpaired) electrons. The predicted octanol–water partition coefficient (Wildman–Crippen LogP) is 2.82. The monoisotopic (exact) mass is 396 g/mol. The summed E-state index contributed by atoms with van der Waals surface area (Å²) in [6, 6.07) is 16.1.